The highest BCUT2D eigenvalue weighted by atomic mass is 32.3. The molecule has 0 aromatic carbocycles. The molecular weight excluding hydrogens is 849 g/mol. The Morgan fingerprint density at radius 1 is 0.750 bits per heavy atom. The number of aromatic amines is 2. The van der Waals surface area contributed by atoms with Crippen LogP contribution in [-0.4, -0.2) is 86.1 Å². The molecule has 0 radical (unpaired) electrons. The van der Waals surface area contributed by atoms with Crippen LogP contribution in [-0.2, 0) is 20.0 Å². The largest absolute Gasteiger partial charge is 0.384 e. The molecule has 60 heavy (non-hydrogen) atoms. The van der Waals surface area contributed by atoms with Crippen LogP contribution in [0.3, 0.4) is 0 Å². The van der Waals surface area contributed by atoms with Gasteiger partial charge in [0.2, 0.25) is 10.0 Å². The number of nitrogens with one attached hydrogen (secondary N) is 5. The Kier molecular flexibility index (Phi) is 12.5. The number of aromatic nitrogens is 8. The van der Waals surface area contributed by atoms with Gasteiger partial charge >= 0.3 is 0 Å². The second-order valence-corrected chi connectivity index (χ2v) is 20.6. The molecule has 0 spiro atoms. The zero-order valence-electron chi connectivity index (χ0n) is 32.4. The summed E-state index contributed by atoms with van der Waals surface area (Å²) in [4.78, 5) is 18.8. The van der Waals surface area contributed by atoms with E-state index in [-0.39, 0.29) is 21.6 Å². The van der Waals surface area contributed by atoms with Crippen LogP contribution in [0.25, 0.3) is 21.4 Å². The first-order valence-corrected chi connectivity index (χ1v) is 23.1. The lowest BCUT2D eigenvalue weighted by Crippen LogP contribution is -2.40. The number of H-pyrrole nitrogens is 2. The molecular formula is C38H40N12O6S4. The molecule has 2 saturated carbocycles. The number of thiophene rings is 2. The van der Waals surface area contributed by atoms with Gasteiger partial charge in [-0.2, -0.15) is 10.2 Å². The van der Waals surface area contributed by atoms with Gasteiger partial charge in [-0.05, 0) is 70.7 Å². The van der Waals surface area contributed by atoms with Crippen molar-refractivity contribution >= 4 is 66.0 Å². The first-order valence-electron chi connectivity index (χ1n) is 18.4. The summed E-state index contributed by atoms with van der Waals surface area (Å²) in [5, 5.41) is 44.0. The predicted molar refractivity (Wildman–Crippen MR) is 228 cm³/mol. The minimum atomic E-state index is -3.79. The SMILES string of the molecule is CC(C)(C)NS(=O)(=O)c1ccc(-c2ncc(C#CCO)c(Nc3cc(C4CC4)[nH]n3)n2)s1.NS(=O)(=O)c1ccc(-c2ncc(C#CCO)c(Nc3cc(C4CC4)[nH]n3)n2)s1. The minimum Gasteiger partial charge on any atom is -0.384 e. The average Bonchev–Trinajstić information content (AvgIpc) is 3.93. The van der Waals surface area contributed by atoms with Crippen LogP contribution < -0.4 is 20.5 Å². The number of hydrogen-bond acceptors (Lipinski definition) is 16. The van der Waals surface area contributed by atoms with Crippen LogP contribution >= 0.6 is 22.7 Å². The third-order valence-corrected chi connectivity index (χ3v) is 14.3. The van der Waals surface area contributed by atoms with E-state index in [0.717, 1.165) is 59.7 Å². The van der Waals surface area contributed by atoms with Gasteiger partial charge in [0.15, 0.2) is 34.9 Å². The molecule has 8 rings (SSSR count). The van der Waals surface area contributed by atoms with Gasteiger partial charge in [-0.1, -0.05) is 23.7 Å². The fraction of sp³-hybridized carbons (Fsp3) is 0.316. The molecule has 0 saturated heterocycles. The summed E-state index contributed by atoms with van der Waals surface area (Å²) in [6.45, 7) is 4.78. The summed E-state index contributed by atoms with van der Waals surface area (Å²) < 4.78 is 51.1. The van der Waals surface area contributed by atoms with E-state index in [1.165, 1.54) is 12.3 Å². The Morgan fingerprint density at radius 3 is 1.60 bits per heavy atom. The fourth-order valence-corrected chi connectivity index (χ4v) is 9.86. The molecule has 2 fully saturated rings. The number of primary sulfonamides is 1. The molecule has 6 aromatic rings. The van der Waals surface area contributed by atoms with Gasteiger partial charge in [0.25, 0.3) is 10.0 Å². The van der Waals surface area contributed by atoms with Crippen LogP contribution in [0.4, 0.5) is 23.3 Å². The highest BCUT2D eigenvalue weighted by molar-refractivity contribution is 7.91. The Morgan fingerprint density at radius 2 is 1.20 bits per heavy atom. The van der Waals surface area contributed by atoms with Crippen molar-refractivity contribution in [3.05, 3.63) is 71.3 Å². The van der Waals surface area contributed by atoms with Crippen LogP contribution in [0.15, 0.2) is 57.2 Å². The maximum atomic E-state index is 12.6. The molecule has 6 aromatic heterocycles. The smallest absolute Gasteiger partial charge is 0.250 e. The van der Waals surface area contributed by atoms with E-state index in [1.54, 1.807) is 45.2 Å². The molecule has 0 atom stereocenters. The van der Waals surface area contributed by atoms with E-state index in [4.69, 9.17) is 15.4 Å². The monoisotopic (exact) mass is 888 g/mol. The van der Waals surface area contributed by atoms with E-state index >= 15 is 0 Å². The maximum Gasteiger partial charge on any atom is 0.250 e. The van der Waals surface area contributed by atoms with Gasteiger partial charge < -0.3 is 20.8 Å². The van der Waals surface area contributed by atoms with E-state index in [0.29, 0.717) is 67.6 Å². The van der Waals surface area contributed by atoms with Crippen LogP contribution in [0.2, 0.25) is 0 Å². The molecule has 2 aliphatic rings. The minimum absolute atomic E-state index is 0.0335. The molecule has 0 bridgehead atoms. The zero-order chi connectivity index (χ0) is 42.7. The molecule has 6 heterocycles. The molecule has 0 aliphatic heterocycles. The summed E-state index contributed by atoms with van der Waals surface area (Å²) in [5.74, 6) is 14.6. The molecule has 2 aliphatic carbocycles. The third-order valence-electron chi connectivity index (χ3n) is 8.49. The summed E-state index contributed by atoms with van der Waals surface area (Å²) in [7, 11) is -7.44. The van der Waals surface area contributed by atoms with Gasteiger partial charge in [0.1, 0.15) is 21.6 Å². The third kappa shape index (κ3) is 11.0. The van der Waals surface area contributed by atoms with Crippen LogP contribution in [0, 0.1) is 23.7 Å². The van der Waals surface area contributed by atoms with Crippen molar-refractivity contribution in [1.29, 1.82) is 0 Å². The van der Waals surface area contributed by atoms with Crippen molar-refractivity contribution in [3.63, 3.8) is 0 Å². The zero-order valence-corrected chi connectivity index (χ0v) is 35.7. The van der Waals surface area contributed by atoms with E-state index in [9.17, 15) is 16.8 Å². The van der Waals surface area contributed by atoms with Gasteiger partial charge in [-0.3, -0.25) is 10.2 Å². The number of sulfonamides is 2. The lowest BCUT2D eigenvalue weighted by Gasteiger charge is -2.19. The highest BCUT2D eigenvalue weighted by Crippen LogP contribution is 2.41. The van der Waals surface area contributed by atoms with E-state index in [2.05, 4.69) is 79.4 Å². The van der Waals surface area contributed by atoms with Gasteiger partial charge in [-0.15, -0.1) is 22.7 Å². The average molecular weight is 889 g/mol. The number of rotatable bonds is 11. The normalized spacial score (nSPS) is 14.0. The number of anilines is 4. The van der Waals surface area contributed by atoms with Crippen LogP contribution in [0.1, 0.15) is 80.8 Å². The van der Waals surface area contributed by atoms with Crippen molar-refractivity contribution in [2.75, 3.05) is 23.8 Å². The summed E-state index contributed by atoms with van der Waals surface area (Å²) in [5.41, 5.74) is 2.53. The topological polar surface area (TPSA) is 280 Å². The number of aliphatic hydroxyl groups is 2. The second-order valence-electron chi connectivity index (χ2n) is 14.7. The Bertz CT molecular complexity index is 2870. The molecule has 18 nitrogen and oxygen atoms in total. The standard InChI is InChI=1S/C21H24N6O3S2.C17H16N6O3S2/c1-21(2,3)27-32(29,30)18-9-8-16(31-18)20-22-12-14(5-4-10-28)19(24-20)23-17-11-15(25-26-17)13-6-7-13;18-28(25,26)15-6-5-13(27-15)17-19-9-11(2-1-7-24)16(21-17)20-14-8-12(22-23-14)10-3-4-10/h8-9,11-13,27-28H,6-7,10H2,1-3H3,(H2,22,23,24,25,26);5-6,8-10,24H,3-4,7H2,(H2,18,25,26)(H2,19,20,21,22,23). The molecule has 0 amide bonds. The number of aliphatic hydroxyl groups excluding tert-OH is 2. The van der Waals surface area contributed by atoms with Crippen molar-refractivity contribution < 1.29 is 27.0 Å². The number of hydrogen-bond donors (Lipinski definition) is 8. The summed E-state index contributed by atoms with van der Waals surface area (Å²) in [6.07, 6.45) is 7.66. The molecule has 0 unspecified atom stereocenters. The molecule has 312 valence electrons. The second kappa shape index (κ2) is 17.6. The fourth-order valence-electron chi connectivity index (χ4n) is 5.53. The number of nitrogens with zero attached hydrogens (tertiary/aromatic N) is 6. The first-order chi connectivity index (χ1) is 28.6. The van der Waals surface area contributed by atoms with Crippen molar-refractivity contribution in [1.82, 2.24) is 45.1 Å². The van der Waals surface area contributed by atoms with Gasteiger partial charge in [-0.25, -0.2) is 46.6 Å². The molecule has 22 heteroatoms. The van der Waals surface area contributed by atoms with Gasteiger partial charge in [0, 0.05) is 53.3 Å². The molecule has 9 N–H and O–H groups in total. The highest BCUT2D eigenvalue weighted by Gasteiger charge is 2.27. The lowest BCUT2D eigenvalue weighted by atomic mass is 10.1. The summed E-state index contributed by atoms with van der Waals surface area (Å²) >= 11 is 2.07. The Labute approximate surface area is 354 Å². The van der Waals surface area contributed by atoms with Gasteiger partial charge in [0.05, 0.1) is 20.9 Å². The Balaban J connectivity index is 0.000000183. The van der Waals surface area contributed by atoms with Crippen molar-refractivity contribution in [2.45, 2.75) is 72.2 Å². The van der Waals surface area contributed by atoms with E-state index < -0.39 is 25.6 Å². The Hall–Kier alpha value is -5.56. The maximum absolute atomic E-state index is 12.6. The number of nitrogens with two attached hydrogens (primary N) is 1. The van der Waals surface area contributed by atoms with Crippen molar-refractivity contribution in [3.8, 4) is 45.1 Å². The van der Waals surface area contributed by atoms with Crippen LogP contribution in [0.5, 0.6) is 0 Å². The van der Waals surface area contributed by atoms with Crippen molar-refractivity contribution in [2.24, 2.45) is 5.14 Å². The lowest BCUT2D eigenvalue weighted by molar-refractivity contribution is 0.350. The predicted octanol–water partition coefficient (Wildman–Crippen LogP) is 4.51. The first kappa shape index (κ1) is 42.6. The quantitative estimate of drug-likeness (QED) is 0.0832. The summed E-state index contributed by atoms with van der Waals surface area (Å²) in [6, 6.07) is 10.1. The van der Waals surface area contributed by atoms with E-state index in [1.807, 2.05) is 12.1 Å².